The summed E-state index contributed by atoms with van der Waals surface area (Å²) in [6, 6.07) is 7.60. The van der Waals surface area contributed by atoms with E-state index in [0.717, 1.165) is 18.6 Å². The Morgan fingerprint density at radius 2 is 2.08 bits per heavy atom. The summed E-state index contributed by atoms with van der Waals surface area (Å²) in [6.45, 7) is 4.21. The molecule has 0 saturated heterocycles. The maximum atomic E-state index is 5.74. The molecule has 13 heavy (non-hydrogen) atoms. The summed E-state index contributed by atoms with van der Waals surface area (Å²) < 4.78 is 5.66. The van der Waals surface area contributed by atoms with Crippen LogP contribution < -0.4 is 10.5 Å². The van der Waals surface area contributed by atoms with E-state index < -0.39 is 0 Å². The van der Waals surface area contributed by atoms with E-state index in [9.17, 15) is 0 Å². The first kappa shape index (κ1) is 9.90. The van der Waals surface area contributed by atoms with E-state index in [0.29, 0.717) is 5.69 Å². The van der Waals surface area contributed by atoms with Crippen molar-refractivity contribution >= 4 is 5.69 Å². The summed E-state index contributed by atoms with van der Waals surface area (Å²) in [7, 11) is 0. The maximum Gasteiger partial charge on any atom is 0.142 e. The van der Waals surface area contributed by atoms with Crippen LogP contribution in [0.3, 0.4) is 0 Å². The molecule has 0 radical (unpaired) electrons. The molecule has 2 nitrogen and oxygen atoms in total. The lowest BCUT2D eigenvalue weighted by molar-refractivity contribution is 0.211. The quantitative estimate of drug-likeness (QED) is 0.721. The predicted octanol–water partition coefficient (Wildman–Crippen LogP) is 2.84. The third kappa shape index (κ3) is 2.98. The van der Waals surface area contributed by atoms with Gasteiger partial charge in [0.25, 0.3) is 0 Å². The van der Waals surface area contributed by atoms with Crippen molar-refractivity contribution in [2.75, 3.05) is 5.73 Å². The SMILES string of the molecule is CCC[C@@H](C)Oc1ccccc1N. The molecule has 0 aliphatic heterocycles. The summed E-state index contributed by atoms with van der Waals surface area (Å²) in [4.78, 5) is 0. The summed E-state index contributed by atoms with van der Waals surface area (Å²) in [6.07, 6.45) is 2.44. The molecule has 2 heteroatoms. The summed E-state index contributed by atoms with van der Waals surface area (Å²) in [5, 5.41) is 0. The van der Waals surface area contributed by atoms with Crippen molar-refractivity contribution < 1.29 is 4.74 Å². The van der Waals surface area contributed by atoms with Gasteiger partial charge < -0.3 is 10.5 Å². The van der Waals surface area contributed by atoms with Crippen LogP contribution in [0.4, 0.5) is 5.69 Å². The van der Waals surface area contributed by atoms with Crippen LogP contribution in [0.15, 0.2) is 24.3 Å². The Hall–Kier alpha value is -1.18. The van der Waals surface area contributed by atoms with Gasteiger partial charge in [-0.25, -0.2) is 0 Å². The van der Waals surface area contributed by atoms with Crippen LogP contribution in [-0.4, -0.2) is 6.10 Å². The molecule has 1 aromatic carbocycles. The summed E-state index contributed by atoms with van der Waals surface area (Å²) in [5.74, 6) is 0.795. The molecule has 0 aromatic heterocycles. The first-order valence-electron chi connectivity index (χ1n) is 4.75. The van der Waals surface area contributed by atoms with Crippen LogP contribution in [-0.2, 0) is 0 Å². The van der Waals surface area contributed by atoms with Gasteiger partial charge in [-0.1, -0.05) is 25.5 Å². The van der Waals surface area contributed by atoms with Crippen LogP contribution >= 0.6 is 0 Å². The van der Waals surface area contributed by atoms with Crippen LogP contribution in [0.2, 0.25) is 0 Å². The van der Waals surface area contributed by atoms with E-state index in [1.807, 2.05) is 24.3 Å². The fraction of sp³-hybridized carbons (Fsp3) is 0.455. The molecule has 2 N–H and O–H groups in total. The molecule has 1 aromatic rings. The van der Waals surface area contributed by atoms with Crippen LogP contribution in [0, 0.1) is 0 Å². The molecule has 0 bridgehead atoms. The highest BCUT2D eigenvalue weighted by molar-refractivity contribution is 5.51. The lowest BCUT2D eigenvalue weighted by Gasteiger charge is -2.14. The number of hydrogen-bond donors (Lipinski definition) is 1. The van der Waals surface area contributed by atoms with Crippen LogP contribution in [0.1, 0.15) is 26.7 Å². The molecular weight excluding hydrogens is 162 g/mol. The number of para-hydroxylation sites is 2. The molecular formula is C11H17NO. The fourth-order valence-corrected chi connectivity index (χ4v) is 1.27. The highest BCUT2D eigenvalue weighted by Crippen LogP contribution is 2.21. The van der Waals surface area contributed by atoms with Crippen molar-refractivity contribution in [1.82, 2.24) is 0 Å². The Kier molecular flexibility index (Phi) is 3.62. The lowest BCUT2D eigenvalue weighted by atomic mass is 10.2. The third-order valence-electron chi connectivity index (χ3n) is 1.94. The van der Waals surface area contributed by atoms with Gasteiger partial charge in [0.15, 0.2) is 0 Å². The number of anilines is 1. The molecule has 0 heterocycles. The highest BCUT2D eigenvalue weighted by atomic mass is 16.5. The fourth-order valence-electron chi connectivity index (χ4n) is 1.27. The van der Waals surface area contributed by atoms with E-state index in [-0.39, 0.29) is 6.10 Å². The second kappa shape index (κ2) is 4.75. The second-order valence-corrected chi connectivity index (χ2v) is 3.25. The Balaban J connectivity index is 2.58. The van der Waals surface area contributed by atoms with Crippen molar-refractivity contribution in [1.29, 1.82) is 0 Å². The Bertz CT molecular complexity index is 260. The van der Waals surface area contributed by atoms with Gasteiger partial charge >= 0.3 is 0 Å². The van der Waals surface area contributed by atoms with Gasteiger partial charge in [0.2, 0.25) is 0 Å². The number of benzene rings is 1. The first-order chi connectivity index (χ1) is 6.24. The number of nitrogens with two attached hydrogens (primary N) is 1. The van der Waals surface area contributed by atoms with Gasteiger partial charge in [-0.15, -0.1) is 0 Å². The Morgan fingerprint density at radius 1 is 1.38 bits per heavy atom. The van der Waals surface area contributed by atoms with Gasteiger partial charge in [0.1, 0.15) is 5.75 Å². The Morgan fingerprint density at radius 3 is 2.69 bits per heavy atom. The summed E-state index contributed by atoms with van der Waals surface area (Å²) >= 11 is 0. The minimum Gasteiger partial charge on any atom is -0.489 e. The van der Waals surface area contributed by atoms with E-state index in [1.165, 1.54) is 0 Å². The zero-order valence-electron chi connectivity index (χ0n) is 8.29. The van der Waals surface area contributed by atoms with Crippen molar-refractivity contribution in [3.63, 3.8) is 0 Å². The normalized spacial score (nSPS) is 12.5. The van der Waals surface area contributed by atoms with Gasteiger partial charge in [0, 0.05) is 0 Å². The monoisotopic (exact) mass is 179 g/mol. The molecule has 0 saturated carbocycles. The largest absolute Gasteiger partial charge is 0.489 e. The van der Waals surface area contributed by atoms with E-state index in [2.05, 4.69) is 13.8 Å². The number of rotatable bonds is 4. The molecule has 0 unspecified atom stereocenters. The van der Waals surface area contributed by atoms with Crippen molar-refractivity contribution in [2.45, 2.75) is 32.8 Å². The number of hydrogen-bond acceptors (Lipinski definition) is 2. The standard InChI is InChI=1S/C11H17NO/c1-3-6-9(2)13-11-8-5-4-7-10(11)12/h4-5,7-9H,3,6,12H2,1-2H3/t9-/m1/s1. The number of ether oxygens (including phenoxy) is 1. The van der Waals surface area contributed by atoms with Gasteiger partial charge in [-0.05, 0) is 25.5 Å². The zero-order chi connectivity index (χ0) is 9.68. The van der Waals surface area contributed by atoms with E-state index in [1.54, 1.807) is 0 Å². The van der Waals surface area contributed by atoms with Gasteiger partial charge in [0.05, 0.1) is 11.8 Å². The average Bonchev–Trinajstić information content (AvgIpc) is 2.09. The molecule has 0 amide bonds. The predicted molar refractivity (Wildman–Crippen MR) is 55.9 cm³/mol. The third-order valence-corrected chi connectivity index (χ3v) is 1.94. The van der Waals surface area contributed by atoms with Crippen molar-refractivity contribution in [3.8, 4) is 5.75 Å². The van der Waals surface area contributed by atoms with E-state index >= 15 is 0 Å². The van der Waals surface area contributed by atoms with Crippen LogP contribution in [0.5, 0.6) is 5.75 Å². The highest BCUT2D eigenvalue weighted by Gasteiger charge is 2.04. The molecule has 0 fully saturated rings. The summed E-state index contributed by atoms with van der Waals surface area (Å²) in [5.41, 5.74) is 6.45. The van der Waals surface area contributed by atoms with Crippen LogP contribution in [0.25, 0.3) is 0 Å². The first-order valence-corrected chi connectivity index (χ1v) is 4.75. The number of nitrogen functional groups attached to an aromatic ring is 1. The van der Waals surface area contributed by atoms with E-state index in [4.69, 9.17) is 10.5 Å². The molecule has 0 aliphatic carbocycles. The molecule has 1 rings (SSSR count). The van der Waals surface area contributed by atoms with Crippen molar-refractivity contribution in [2.24, 2.45) is 0 Å². The molecule has 0 aliphatic rings. The molecule has 0 spiro atoms. The average molecular weight is 179 g/mol. The maximum absolute atomic E-state index is 5.74. The topological polar surface area (TPSA) is 35.2 Å². The minimum absolute atomic E-state index is 0.245. The molecule has 72 valence electrons. The minimum atomic E-state index is 0.245. The Labute approximate surface area is 79.7 Å². The zero-order valence-corrected chi connectivity index (χ0v) is 8.29. The molecule has 1 atom stereocenters. The second-order valence-electron chi connectivity index (χ2n) is 3.25. The smallest absolute Gasteiger partial charge is 0.142 e. The van der Waals surface area contributed by atoms with Crippen molar-refractivity contribution in [3.05, 3.63) is 24.3 Å². The van der Waals surface area contributed by atoms with Gasteiger partial charge in [-0.3, -0.25) is 0 Å². The lowest BCUT2D eigenvalue weighted by Crippen LogP contribution is -2.11. The van der Waals surface area contributed by atoms with Gasteiger partial charge in [-0.2, -0.15) is 0 Å².